The number of unbranched alkanes of at least 4 members (excludes halogenated alkanes) is 1. The van der Waals surface area contributed by atoms with E-state index in [-0.39, 0.29) is 30.0 Å². The molecule has 0 spiro atoms. The van der Waals surface area contributed by atoms with E-state index in [0.29, 0.717) is 19.0 Å². The Morgan fingerprint density at radius 3 is 1.93 bits per heavy atom. The van der Waals surface area contributed by atoms with Crippen LogP contribution >= 0.6 is 0 Å². The molecule has 0 N–H and O–H groups in total. The van der Waals surface area contributed by atoms with E-state index in [1.807, 2.05) is 23.6 Å². The molecule has 2 atom stereocenters. The van der Waals surface area contributed by atoms with Crippen LogP contribution in [0.3, 0.4) is 0 Å². The number of nitrogens with zero attached hydrogens (tertiary/aromatic N) is 2. The Kier molecular flexibility index (Phi) is 7.78. The van der Waals surface area contributed by atoms with Crippen molar-refractivity contribution in [1.29, 1.82) is 0 Å². The molecule has 5 nitrogen and oxygen atoms in total. The number of rotatable bonds is 5. The fourth-order valence-electron chi connectivity index (χ4n) is 5.41. The smallest absolute Gasteiger partial charge is 0.225 e. The van der Waals surface area contributed by atoms with Gasteiger partial charge in [0.15, 0.2) is 0 Å². The molecule has 28 heavy (non-hydrogen) atoms. The summed E-state index contributed by atoms with van der Waals surface area (Å²) < 4.78 is 5.75. The highest BCUT2D eigenvalue weighted by molar-refractivity contribution is 5.81. The minimum Gasteiger partial charge on any atom is -0.372 e. The highest BCUT2D eigenvalue weighted by Gasteiger charge is 2.35. The summed E-state index contributed by atoms with van der Waals surface area (Å²) in [5, 5.41) is 0. The maximum Gasteiger partial charge on any atom is 0.225 e. The van der Waals surface area contributed by atoms with Crippen molar-refractivity contribution in [3.63, 3.8) is 0 Å². The van der Waals surface area contributed by atoms with E-state index in [1.165, 1.54) is 32.1 Å². The topological polar surface area (TPSA) is 49.9 Å². The van der Waals surface area contributed by atoms with Crippen molar-refractivity contribution in [3.05, 3.63) is 0 Å². The maximum absolute atomic E-state index is 13.0. The average molecular weight is 393 g/mol. The summed E-state index contributed by atoms with van der Waals surface area (Å²) in [5.74, 6) is 1.77. The van der Waals surface area contributed by atoms with E-state index in [1.54, 1.807) is 0 Å². The molecule has 1 aliphatic carbocycles. The minimum atomic E-state index is 0.0753. The molecule has 2 aliphatic heterocycles. The molecule has 2 amide bonds. The third-order valence-electron chi connectivity index (χ3n) is 7.05. The van der Waals surface area contributed by atoms with Crippen LogP contribution in [0.25, 0.3) is 0 Å². The van der Waals surface area contributed by atoms with Crippen molar-refractivity contribution < 1.29 is 14.3 Å². The van der Waals surface area contributed by atoms with Gasteiger partial charge in [-0.3, -0.25) is 9.59 Å². The lowest BCUT2D eigenvalue weighted by Crippen LogP contribution is -2.52. The van der Waals surface area contributed by atoms with Crippen molar-refractivity contribution in [2.45, 2.75) is 90.8 Å². The largest absolute Gasteiger partial charge is 0.372 e. The van der Waals surface area contributed by atoms with Crippen LogP contribution in [-0.2, 0) is 14.3 Å². The van der Waals surface area contributed by atoms with E-state index in [2.05, 4.69) is 6.92 Å². The Morgan fingerprint density at radius 2 is 1.36 bits per heavy atom. The molecule has 2 saturated heterocycles. The molecule has 1 saturated carbocycles. The highest BCUT2D eigenvalue weighted by atomic mass is 16.5. The van der Waals surface area contributed by atoms with E-state index < -0.39 is 0 Å². The van der Waals surface area contributed by atoms with Crippen molar-refractivity contribution in [3.8, 4) is 0 Å². The van der Waals surface area contributed by atoms with Crippen LogP contribution in [-0.4, -0.2) is 60.0 Å². The standard InChI is InChI=1S/C23H40N2O3/c1-4-5-6-19-7-9-20(10-8-19)22(26)24-13-11-21(12-14-24)23(27)25-15-17(2)28-18(3)16-25/h17-21H,4-16H2,1-3H3. The first-order valence-electron chi connectivity index (χ1n) is 11.7. The Morgan fingerprint density at radius 1 is 0.821 bits per heavy atom. The van der Waals surface area contributed by atoms with E-state index in [0.717, 1.165) is 44.7 Å². The van der Waals surface area contributed by atoms with Crippen molar-refractivity contribution in [2.24, 2.45) is 17.8 Å². The molecule has 0 aromatic heterocycles. The molecule has 3 aliphatic rings. The molecular formula is C23H40N2O3. The summed E-state index contributed by atoms with van der Waals surface area (Å²) in [6, 6.07) is 0. The van der Waals surface area contributed by atoms with E-state index >= 15 is 0 Å². The molecule has 0 bridgehead atoms. The van der Waals surface area contributed by atoms with Crippen LogP contribution in [0.2, 0.25) is 0 Å². The zero-order valence-electron chi connectivity index (χ0n) is 18.2. The fraction of sp³-hybridized carbons (Fsp3) is 0.913. The van der Waals surface area contributed by atoms with E-state index in [9.17, 15) is 9.59 Å². The van der Waals surface area contributed by atoms with Gasteiger partial charge in [-0.15, -0.1) is 0 Å². The number of hydrogen-bond donors (Lipinski definition) is 0. The number of carbonyl (C=O) groups excluding carboxylic acids is 2. The Bertz CT molecular complexity index is 512. The van der Waals surface area contributed by atoms with Gasteiger partial charge in [-0.2, -0.15) is 0 Å². The third-order valence-corrected chi connectivity index (χ3v) is 7.05. The monoisotopic (exact) mass is 392 g/mol. The summed E-state index contributed by atoms with van der Waals surface area (Å²) in [6.45, 7) is 9.22. The fourth-order valence-corrected chi connectivity index (χ4v) is 5.41. The third kappa shape index (κ3) is 5.49. The molecule has 3 fully saturated rings. The number of hydrogen-bond acceptors (Lipinski definition) is 3. The molecule has 160 valence electrons. The second-order valence-electron chi connectivity index (χ2n) is 9.46. The van der Waals surface area contributed by atoms with Gasteiger partial charge in [-0.1, -0.05) is 26.2 Å². The van der Waals surface area contributed by atoms with Gasteiger partial charge in [0, 0.05) is 38.0 Å². The summed E-state index contributed by atoms with van der Waals surface area (Å²) >= 11 is 0. The van der Waals surface area contributed by atoms with Crippen molar-refractivity contribution >= 4 is 11.8 Å². The molecule has 3 rings (SSSR count). The second-order valence-corrected chi connectivity index (χ2v) is 9.46. The van der Waals surface area contributed by atoms with Crippen LogP contribution in [0.5, 0.6) is 0 Å². The lowest BCUT2D eigenvalue weighted by Gasteiger charge is -2.40. The van der Waals surface area contributed by atoms with Crippen molar-refractivity contribution in [1.82, 2.24) is 9.80 Å². The predicted molar refractivity (Wildman–Crippen MR) is 111 cm³/mol. The first-order valence-corrected chi connectivity index (χ1v) is 11.7. The lowest BCUT2D eigenvalue weighted by molar-refractivity contribution is -0.151. The molecule has 2 heterocycles. The van der Waals surface area contributed by atoms with Crippen molar-refractivity contribution in [2.75, 3.05) is 26.2 Å². The number of ether oxygens (including phenoxy) is 1. The van der Waals surface area contributed by atoms with Gasteiger partial charge in [0.2, 0.25) is 11.8 Å². The SMILES string of the molecule is CCCCC1CCC(C(=O)N2CCC(C(=O)N3CC(C)OC(C)C3)CC2)CC1. The maximum atomic E-state index is 13.0. The first-order chi connectivity index (χ1) is 13.5. The zero-order valence-corrected chi connectivity index (χ0v) is 18.2. The molecule has 0 aromatic carbocycles. The van der Waals surface area contributed by atoms with Gasteiger partial charge in [0.25, 0.3) is 0 Å². The summed E-state index contributed by atoms with van der Waals surface area (Å²) in [6.07, 6.45) is 10.4. The number of likely N-dealkylation sites (tertiary alicyclic amines) is 1. The lowest BCUT2D eigenvalue weighted by atomic mass is 9.79. The van der Waals surface area contributed by atoms with Gasteiger partial charge in [0.1, 0.15) is 0 Å². The summed E-state index contributed by atoms with van der Waals surface area (Å²) in [7, 11) is 0. The second kappa shape index (κ2) is 10.1. The first kappa shape index (κ1) is 21.6. The predicted octanol–water partition coefficient (Wildman–Crippen LogP) is 3.86. The number of piperidine rings is 1. The number of morpholine rings is 1. The molecule has 0 radical (unpaired) electrons. The van der Waals surface area contributed by atoms with Crippen LogP contribution < -0.4 is 0 Å². The molecule has 2 unspecified atom stereocenters. The van der Waals surface area contributed by atoms with Gasteiger partial charge in [-0.05, 0) is 58.3 Å². The minimum absolute atomic E-state index is 0.0753. The summed E-state index contributed by atoms with van der Waals surface area (Å²) in [4.78, 5) is 29.9. The van der Waals surface area contributed by atoms with Gasteiger partial charge in [-0.25, -0.2) is 0 Å². The van der Waals surface area contributed by atoms with Crippen LogP contribution in [0.1, 0.15) is 78.6 Å². The zero-order chi connectivity index (χ0) is 20.1. The highest BCUT2D eigenvalue weighted by Crippen LogP contribution is 2.34. The molecular weight excluding hydrogens is 352 g/mol. The van der Waals surface area contributed by atoms with Gasteiger partial charge in [0.05, 0.1) is 12.2 Å². The number of amides is 2. The van der Waals surface area contributed by atoms with Crippen LogP contribution in [0, 0.1) is 17.8 Å². The van der Waals surface area contributed by atoms with Gasteiger partial charge >= 0.3 is 0 Å². The quantitative estimate of drug-likeness (QED) is 0.714. The molecule has 0 aromatic rings. The number of carbonyl (C=O) groups is 2. The Labute approximate surface area is 171 Å². The Hall–Kier alpha value is -1.10. The van der Waals surface area contributed by atoms with Crippen LogP contribution in [0.4, 0.5) is 0 Å². The summed E-state index contributed by atoms with van der Waals surface area (Å²) in [5.41, 5.74) is 0. The van der Waals surface area contributed by atoms with Crippen LogP contribution in [0.15, 0.2) is 0 Å². The molecule has 5 heteroatoms. The average Bonchev–Trinajstić information content (AvgIpc) is 2.71. The van der Waals surface area contributed by atoms with E-state index in [4.69, 9.17) is 4.74 Å². The van der Waals surface area contributed by atoms with Gasteiger partial charge < -0.3 is 14.5 Å². The Balaban J connectivity index is 1.42. The normalized spacial score (nSPS) is 32.4.